The fourth-order valence-electron chi connectivity index (χ4n) is 1.74. The Morgan fingerprint density at radius 1 is 1.53 bits per heavy atom. The number of alkyl carbamates (subject to hydrolysis) is 1. The van der Waals surface area contributed by atoms with E-state index in [0.29, 0.717) is 6.04 Å². The van der Waals surface area contributed by atoms with E-state index in [1.807, 2.05) is 33.1 Å². The summed E-state index contributed by atoms with van der Waals surface area (Å²) in [4.78, 5) is 15.9. The van der Waals surface area contributed by atoms with Gasteiger partial charge >= 0.3 is 6.09 Å². The number of aromatic nitrogens is 1. The van der Waals surface area contributed by atoms with E-state index in [-0.39, 0.29) is 12.1 Å². The summed E-state index contributed by atoms with van der Waals surface area (Å²) in [5.74, 6) is 0. The van der Waals surface area contributed by atoms with Gasteiger partial charge in [0.1, 0.15) is 10.6 Å². The minimum absolute atomic E-state index is 0.177. The summed E-state index contributed by atoms with van der Waals surface area (Å²) in [5, 5.41) is 9.37. The number of nitrogens with zero attached hydrogens (tertiary/aromatic N) is 1. The van der Waals surface area contributed by atoms with E-state index in [1.165, 1.54) is 0 Å². The first kappa shape index (κ1) is 14.3. The molecule has 1 aromatic heterocycles. The number of carbonyl (C=O) groups is 1. The Hall–Kier alpha value is -1.14. The van der Waals surface area contributed by atoms with Crippen molar-refractivity contribution in [3.8, 4) is 0 Å². The summed E-state index contributed by atoms with van der Waals surface area (Å²) in [5.41, 5.74) is 0.612. The summed E-state index contributed by atoms with van der Waals surface area (Å²) in [6.07, 6.45) is 0.607. The smallest absolute Gasteiger partial charge is 0.407 e. The van der Waals surface area contributed by atoms with Crippen LogP contribution in [0, 0.1) is 6.92 Å². The van der Waals surface area contributed by atoms with E-state index in [2.05, 4.69) is 15.6 Å². The first-order chi connectivity index (χ1) is 8.83. The molecule has 0 radical (unpaired) electrons. The molecule has 1 aliphatic carbocycles. The molecular formula is C13H21N3O2S. The largest absolute Gasteiger partial charge is 0.444 e. The number of hydrogen-bond acceptors (Lipinski definition) is 5. The second-order valence-electron chi connectivity index (χ2n) is 5.86. The van der Waals surface area contributed by atoms with E-state index in [9.17, 15) is 4.79 Å². The predicted octanol–water partition coefficient (Wildman–Crippen LogP) is 2.21. The Morgan fingerprint density at radius 3 is 2.84 bits per heavy atom. The highest BCUT2D eigenvalue weighted by Crippen LogP contribution is 2.22. The molecule has 19 heavy (non-hydrogen) atoms. The molecule has 0 saturated heterocycles. The van der Waals surface area contributed by atoms with Crippen molar-refractivity contribution in [3.05, 3.63) is 16.1 Å². The van der Waals surface area contributed by atoms with Gasteiger partial charge in [0, 0.05) is 29.7 Å². The predicted molar refractivity (Wildman–Crippen MR) is 75.3 cm³/mol. The third kappa shape index (κ3) is 4.80. The molecule has 2 rings (SSSR count). The highest BCUT2D eigenvalue weighted by Gasteiger charge is 2.38. The van der Waals surface area contributed by atoms with Crippen LogP contribution in [0.2, 0.25) is 0 Å². The van der Waals surface area contributed by atoms with Crippen molar-refractivity contribution in [1.29, 1.82) is 0 Å². The summed E-state index contributed by atoms with van der Waals surface area (Å²) in [6.45, 7) is 8.33. The molecule has 1 fully saturated rings. The SMILES string of the molecule is Cc1csc(CNC2CC2NC(=O)OC(C)(C)C)n1. The lowest BCUT2D eigenvalue weighted by Crippen LogP contribution is -2.36. The van der Waals surface area contributed by atoms with E-state index in [0.717, 1.165) is 23.7 Å². The topological polar surface area (TPSA) is 63.2 Å². The van der Waals surface area contributed by atoms with Crippen molar-refractivity contribution in [2.75, 3.05) is 0 Å². The summed E-state index contributed by atoms with van der Waals surface area (Å²) >= 11 is 1.66. The van der Waals surface area contributed by atoms with Gasteiger partial charge in [0.05, 0.1) is 0 Å². The van der Waals surface area contributed by atoms with Gasteiger partial charge in [-0.1, -0.05) is 0 Å². The standard InChI is InChI=1S/C13H21N3O2S/c1-8-7-19-11(15-8)6-14-9-5-10(9)16-12(17)18-13(2,3)4/h7,9-10,14H,5-6H2,1-4H3,(H,16,17). The van der Waals surface area contributed by atoms with E-state index < -0.39 is 5.60 Å². The molecule has 2 atom stereocenters. The number of nitrogens with one attached hydrogen (secondary N) is 2. The molecule has 1 saturated carbocycles. The number of ether oxygens (including phenoxy) is 1. The Morgan fingerprint density at radius 2 is 2.26 bits per heavy atom. The molecule has 2 N–H and O–H groups in total. The van der Waals surface area contributed by atoms with Crippen molar-refractivity contribution >= 4 is 17.4 Å². The van der Waals surface area contributed by atoms with Crippen LogP contribution < -0.4 is 10.6 Å². The second-order valence-corrected chi connectivity index (χ2v) is 6.80. The highest BCUT2D eigenvalue weighted by atomic mass is 32.1. The molecule has 0 aromatic carbocycles. The van der Waals surface area contributed by atoms with Crippen molar-refractivity contribution in [2.45, 2.75) is 58.3 Å². The van der Waals surface area contributed by atoms with E-state index >= 15 is 0 Å². The van der Waals surface area contributed by atoms with Crippen LogP contribution in [0.25, 0.3) is 0 Å². The minimum Gasteiger partial charge on any atom is -0.444 e. The first-order valence-electron chi connectivity index (χ1n) is 6.47. The Labute approximate surface area is 117 Å². The third-order valence-electron chi connectivity index (χ3n) is 2.67. The quantitative estimate of drug-likeness (QED) is 0.889. The van der Waals surface area contributed by atoms with Crippen LogP contribution in [-0.4, -0.2) is 28.8 Å². The monoisotopic (exact) mass is 283 g/mol. The molecule has 1 heterocycles. The summed E-state index contributed by atoms with van der Waals surface area (Å²) < 4.78 is 5.21. The van der Waals surface area contributed by atoms with Crippen LogP contribution >= 0.6 is 11.3 Å². The molecule has 0 spiro atoms. The molecule has 1 aliphatic rings. The third-order valence-corrected chi connectivity index (χ3v) is 3.64. The molecule has 0 bridgehead atoms. The maximum Gasteiger partial charge on any atom is 0.407 e. The lowest BCUT2D eigenvalue weighted by Gasteiger charge is -2.19. The maximum atomic E-state index is 11.6. The fourth-order valence-corrected chi connectivity index (χ4v) is 2.46. The number of amides is 1. The van der Waals surface area contributed by atoms with Crippen molar-refractivity contribution in [2.24, 2.45) is 0 Å². The fraction of sp³-hybridized carbons (Fsp3) is 0.692. The van der Waals surface area contributed by atoms with Gasteiger partial charge in [0.2, 0.25) is 0 Å². The maximum absolute atomic E-state index is 11.6. The van der Waals surface area contributed by atoms with Crippen molar-refractivity contribution in [3.63, 3.8) is 0 Å². The molecule has 6 heteroatoms. The molecule has 1 amide bonds. The van der Waals surface area contributed by atoms with Gasteiger partial charge in [-0.2, -0.15) is 0 Å². The van der Waals surface area contributed by atoms with Gasteiger partial charge in [-0.3, -0.25) is 0 Å². The molecule has 106 valence electrons. The molecule has 5 nitrogen and oxygen atoms in total. The van der Waals surface area contributed by atoms with Crippen LogP contribution in [0.4, 0.5) is 4.79 Å². The van der Waals surface area contributed by atoms with Gasteiger partial charge in [-0.05, 0) is 34.1 Å². The zero-order chi connectivity index (χ0) is 14.0. The van der Waals surface area contributed by atoms with Crippen LogP contribution in [0.3, 0.4) is 0 Å². The number of hydrogen-bond donors (Lipinski definition) is 2. The van der Waals surface area contributed by atoms with Crippen molar-refractivity contribution < 1.29 is 9.53 Å². The minimum atomic E-state index is -0.444. The number of thiazole rings is 1. The Kier molecular flexibility index (Phi) is 4.10. The molecule has 2 unspecified atom stereocenters. The van der Waals surface area contributed by atoms with Crippen LogP contribution in [0.1, 0.15) is 37.9 Å². The Bertz CT molecular complexity index is 453. The van der Waals surface area contributed by atoms with E-state index in [1.54, 1.807) is 11.3 Å². The normalized spacial score (nSPS) is 22.1. The van der Waals surface area contributed by atoms with Crippen LogP contribution in [-0.2, 0) is 11.3 Å². The highest BCUT2D eigenvalue weighted by molar-refractivity contribution is 7.09. The van der Waals surface area contributed by atoms with Gasteiger partial charge < -0.3 is 15.4 Å². The average molecular weight is 283 g/mol. The first-order valence-corrected chi connectivity index (χ1v) is 7.35. The number of rotatable bonds is 4. The Balaban J connectivity index is 1.66. The van der Waals surface area contributed by atoms with Gasteiger partial charge in [-0.15, -0.1) is 11.3 Å². The van der Waals surface area contributed by atoms with Gasteiger partial charge in [-0.25, -0.2) is 9.78 Å². The second kappa shape index (κ2) is 5.46. The summed E-state index contributed by atoms with van der Waals surface area (Å²) in [7, 11) is 0. The van der Waals surface area contributed by atoms with Gasteiger partial charge in [0.15, 0.2) is 0 Å². The molecule has 0 aliphatic heterocycles. The lowest BCUT2D eigenvalue weighted by atomic mass is 10.2. The summed E-state index contributed by atoms with van der Waals surface area (Å²) in [6, 6.07) is 0.507. The van der Waals surface area contributed by atoms with Crippen molar-refractivity contribution in [1.82, 2.24) is 15.6 Å². The number of aryl methyl sites for hydroxylation is 1. The van der Waals surface area contributed by atoms with Crippen LogP contribution in [0.15, 0.2) is 5.38 Å². The average Bonchev–Trinajstić information content (AvgIpc) is 2.84. The molecular weight excluding hydrogens is 262 g/mol. The van der Waals surface area contributed by atoms with Gasteiger partial charge in [0.25, 0.3) is 0 Å². The lowest BCUT2D eigenvalue weighted by molar-refractivity contribution is 0.0522. The zero-order valence-electron chi connectivity index (χ0n) is 11.8. The van der Waals surface area contributed by atoms with Crippen LogP contribution in [0.5, 0.6) is 0 Å². The zero-order valence-corrected chi connectivity index (χ0v) is 12.6. The van der Waals surface area contributed by atoms with E-state index in [4.69, 9.17) is 4.74 Å². The number of carbonyl (C=O) groups excluding carboxylic acids is 1. The molecule has 1 aromatic rings.